The van der Waals surface area contributed by atoms with E-state index in [2.05, 4.69) is 73.2 Å². The molecule has 2 N–H and O–H groups in total. The van der Waals surface area contributed by atoms with Gasteiger partial charge in [-0.2, -0.15) is 14.8 Å². The molecule has 10 heteroatoms. The van der Waals surface area contributed by atoms with Crippen molar-refractivity contribution >= 4 is 11.5 Å². The molecule has 0 unspecified atom stereocenters. The van der Waals surface area contributed by atoms with Gasteiger partial charge in [-0.25, -0.2) is 4.98 Å². The molecule has 0 bridgehead atoms. The molecular formula is C29H33N9O. The van der Waals surface area contributed by atoms with Gasteiger partial charge in [0.2, 0.25) is 5.82 Å². The maximum Gasteiger partial charge on any atom is 0.205 e. The highest BCUT2D eigenvalue weighted by Gasteiger charge is 2.18. The highest BCUT2D eigenvalue weighted by atomic mass is 16.5. The Morgan fingerprint density at radius 2 is 1.82 bits per heavy atom. The number of nitrogens with one attached hydrogen (secondary N) is 2. The fraction of sp³-hybridized carbons (Fsp3) is 0.345. The SMILES string of the molecule is CCCc1nc2ccnn2c(NCCN2CCOCC2)c1Cc1ccc(-c2ccccc2-c2nn[nH]n2)cc1. The van der Waals surface area contributed by atoms with Gasteiger partial charge < -0.3 is 10.1 Å². The summed E-state index contributed by atoms with van der Waals surface area (Å²) in [7, 11) is 0. The largest absolute Gasteiger partial charge is 0.379 e. The molecule has 5 aromatic rings. The second-order valence-corrected chi connectivity index (χ2v) is 9.77. The second kappa shape index (κ2) is 11.7. The van der Waals surface area contributed by atoms with E-state index in [1.54, 1.807) is 0 Å². The van der Waals surface area contributed by atoms with Crippen molar-refractivity contribution in [2.45, 2.75) is 26.2 Å². The number of fused-ring (bicyclic) bond motifs is 1. The van der Waals surface area contributed by atoms with Crippen molar-refractivity contribution in [2.24, 2.45) is 0 Å². The van der Waals surface area contributed by atoms with Crippen LogP contribution in [0.2, 0.25) is 0 Å². The van der Waals surface area contributed by atoms with E-state index >= 15 is 0 Å². The summed E-state index contributed by atoms with van der Waals surface area (Å²) >= 11 is 0. The van der Waals surface area contributed by atoms with Crippen molar-refractivity contribution in [2.75, 3.05) is 44.7 Å². The summed E-state index contributed by atoms with van der Waals surface area (Å²) in [5.41, 5.74) is 7.56. The molecule has 0 atom stereocenters. The molecule has 3 aromatic heterocycles. The van der Waals surface area contributed by atoms with E-state index in [-0.39, 0.29) is 0 Å². The average molecular weight is 524 g/mol. The predicted octanol–water partition coefficient (Wildman–Crippen LogP) is 3.86. The maximum absolute atomic E-state index is 5.51. The Kier molecular flexibility index (Phi) is 7.55. The number of aromatic nitrogens is 7. The van der Waals surface area contributed by atoms with Crippen LogP contribution in [0, 0.1) is 0 Å². The number of aromatic amines is 1. The van der Waals surface area contributed by atoms with Gasteiger partial charge in [0, 0.05) is 49.8 Å². The minimum Gasteiger partial charge on any atom is -0.379 e. The smallest absolute Gasteiger partial charge is 0.205 e. The van der Waals surface area contributed by atoms with Crippen LogP contribution >= 0.6 is 0 Å². The van der Waals surface area contributed by atoms with Crippen LogP contribution in [-0.2, 0) is 17.6 Å². The summed E-state index contributed by atoms with van der Waals surface area (Å²) in [6.45, 7) is 7.57. The van der Waals surface area contributed by atoms with Crippen LogP contribution in [0.1, 0.15) is 30.2 Å². The monoisotopic (exact) mass is 523 g/mol. The first kappa shape index (κ1) is 25.1. The molecular weight excluding hydrogens is 490 g/mol. The number of morpholine rings is 1. The fourth-order valence-electron chi connectivity index (χ4n) is 5.20. The summed E-state index contributed by atoms with van der Waals surface area (Å²) < 4.78 is 7.45. The zero-order valence-electron chi connectivity index (χ0n) is 22.2. The van der Waals surface area contributed by atoms with Crippen LogP contribution < -0.4 is 5.32 Å². The lowest BCUT2D eigenvalue weighted by Crippen LogP contribution is -2.39. The standard InChI is InChI=1S/C29H33N9O/c1-2-5-26-25(29(38-27(32-26)12-13-31-38)30-14-15-37-16-18-39-19-17-37)20-21-8-10-22(11-9-21)23-6-3-4-7-24(23)28-33-35-36-34-28/h3-4,6-13,30H,2,5,14-20H2,1H3,(H,33,34,35,36). The van der Waals surface area contributed by atoms with E-state index in [9.17, 15) is 0 Å². The summed E-state index contributed by atoms with van der Waals surface area (Å²) in [6, 6.07) is 18.8. The average Bonchev–Trinajstić information content (AvgIpc) is 3.68. The van der Waals surface area contributed by atoms with Crippen LogP contribution in [0.3, 0.4) is 0 Å². The lowest BCUT2D eigenvalue weighted by molar-refractivity contribution is 0.0398. The molecule has 4 heterocycles. The number of H-pyrrole nitrogens is 1. The molecule has 1 aliphatic rings. The van der Waals surface area contributed by atoms with Crippen molar-refractivity contribution < 1.29 is 4.74 Å². The Morgan fingerprint density at radius 1 is 1.00 bits per heavy atom. The molecule has 0 spiro atoms. The summed E-state index contributed by atoms with van der Waals surface area (Å²) in [4.78, 5) is 7.44. The Hall–Kier alpha value is -4.15. The number of tetrazole rings is 1. The first-order chi connectivity index (χ1) is 19.3. The number of hydrogen-bond acceptors (Lipinski definition) is 8. The van der Waals surface area contributed by atoms with Gasteiger partial charge in [0.1, 0.15) is 5.82 Å². The van der Waals surface area contributed by atoms with Crippen LogP contribution in [0.25, 0.3) is 28.2 Å². The maximum atomic E-state index is 5.51. The van der Waals surface area contributed by atoms with E-state index < -0.39 is 0 Å². The molecule has 1 aliphatic heterocycles. The number of nitrogens with zero attached hydrogens (tertiary/aromatic N) is 7. The van der Waals surface area contributed by atoms with Crippen molar-refractivity contribution in [1.82, 2.24) is 40.1 Å². The molecule has 6 rings (SSSR count). The Bertz CT molecular complexity index is 1510. The van der Waals surface area contributed by atoms with Gasteiger partial charge in [-0.3, -0.25) is 4.90 Å². The highest BCUT2D eigenvalue weighted by molar-refractivity contribution is 5.80. The van der Waals surface area contributed by atoms with Crippen LogP contribution in [0.4, 0.5) is 5.82 Å². The molecule has 0 radical (unpaired) electrons. The van der Waals surface area contributed by atoms with E-state index in [4.69, 9.17) is 9.72 Å². The molecule has 10 nitrogen and oxygen atoms in total. The summed E-state index contributed by atoms with van der Waals surface area (Å²) in [5.74, 6) is 1.62. The van der Waals surface area contributed by atoms with Gasteiger partial charge in [0.05, 0.1) is 25.1 Å². The third kappa shape index (κ3) is 5.52. The van der Waals surface area contributed by atoms with Gasteiger partial charge in [0.15, 0.2) is 5.65 Å². The Balaban J connectivity index is 1.29. The molecule has 1 saturated heterocycles. The number of hydrogen-bond donors (Lipinski definition) is 2. The number of rotatable bonds is 10. The second-order valence-electron chi connectivity index (χ2n) is 9.77. The number of benzene rings is 2. The van der Waals surface area contributed by atoms with E-state index in [1.165, 1.54) is 11.1 Å². The topological polar surface area (TPSA) is 109 Å². The van der Waals surface area contributed by atoms with Gasteiger partial charge in [-0.1, -0.05) is 61.9 Å². The van der Waals surface area contributed by atoms with Crippen LogP contribution in [0.5, 0.6) is 0 Å². The van der Waals surface area contributed by atoms with Gasteiger partial charge in [-0.05, 0) is 28.3 Å². The fourth-order valence-corrected chi connectivity index (χ4v) is 5.20. The molecule has 200 valence electrons. The molecule has 0 amide bonds. The predicted molar refractivity (Wildman–Crippen MR) is 151 cm³/mol. The molecule has 1 fully saturated rings. The van der Waals surface area contributed by atoms with Crippen molar-refractivity contribution in [3.05, 3.63) is 77.6 Å². The lowest BCUT2D eigenvalue weighted by Gasteiger charge is -2.27. The lowest BCUT2D eigenvalue weighted by atomic mass is 9.96. The van der Waals surface area contributed by atoms with Crippen molar-refractivity contribution in [3.8, 4) is 22.5 Å². The van der Waals surface area contributed by atoms with Gasteiger partial charge in [0.25, 0.3) is 0 Å². The van der Waals surface area contributed by atoms with Crippen LogP contribution in [0.15, 0.2) is 60.8 Å². The van der Waals surface area contributed by atoms with Crippen LogP contribution in [-0.4, -0.2) is 79.5 Å². The zero-order valence-corrected chi connectivity index (χ0v) is 22.2. The molecule has 2 aromatic carbocycles. The highest BCUT2D eigenvalue weighted by Crippen LogP contribution is 2.31. The summed E-state index contributed by atoms with van der Waals surface area (Å²) in [5, 5.41) is 23.0. The van der Waals surface area contributed by atoms with Gasteiger partial charge in [-0.15, -0.1) is 10.2 Å². The molecule has 0 aliphatic carbocycles. The van der Waals surface area contributed by atoms with Crippen molar-refractivity contribution in [3.63, 3.8) is 0 Å². The summed E-state index contributed by atoms with van der Waals surface area (Å²) in [6.07, 6.45) is 4.55. The normalized spacial score (nSPS) is 14.2. The van der Waals surface area contributed by atoms with E-state index in [1.807, 2.05) is 35.0 Å². The van der Waals surface area contributed by atoms with Crippen molar-refractivity contribution in [1.29, 1.82) is 0 Å². The number of aryl methyl sites for hydroxylation is 1. The van der Waals surface area contributed by atoms with E-state index in [0.717, 1.165) is 92.5 Å². The van der Waals surface area contributed by atoms with E-state index in [0.29, 0.717) is 5.82 Å². The third-order valence-electron chi connectivity index (χ3n) is 7.19. The first-order valence-corrected chi connectivity index (χ1v) is 13.6. The Labute approximate surface area is 227 Å². The Morgan fingerprint density at radius 3 is 2.59 bits per heavy atom. The van der Waals surface area contributed by atoms with Gasteiger partial charge >= 0.3 is 0 Å². The number of ether oxygens (including phenoxy) is 1. The minimum absolute atomic E-state index is 0.588. The third-order valence-corrected chi connectivity index (χ3v) is 7.19. The minimum atomic E-state index is 0.588. The molecule has 39 heavy (non-hydrogen) atoms. The zero-order chi connectivity index (χ0) is 26.4. The first-order valence-electron chi connectivity index (χ1n) is 13.6. The number of anilines is 1. The molecule has 0 saturated carbocycles. The quantitative estimate of drug-likeness (QED) is 0.284.